The second-order valence-corrected chi connectivity index (χ2v) is 8.64. The van der Waals surface area contributed by atoms with Gasteiger partial charge < -0.3 is 26.0 Å². The molecule has 4 rings (SSSR count). The minimum Gasteiger partial charge on any atom is -0.510 e. The van der Waals surface area contributed by atoms with Crippen molar-refractivity contribution in [2.24, 2.45) is 17.6 Å². The number of pyridine rings is 1. The van der Waals surface area contributed by atoms with Crippen LogP contribution in [0.1, 0.15) is 28.0 Å². The van der Waals surface area contributed by atoms with Crippen LogP contribution < -0.4 is 11.3 Å². The van der Waals surface area contributed by atoms with Crippen molar-refractivity contribution >= 4 is 17.5 Å². The van der Waals surface area contributed by atoms with E-state index in [9.17, 15) is 34.5 Å². The summed E-state index contributed by atoms with van der Waals surface area (Å²) in [6.45, 7) is 1.69. The zero-order valence-corrected chi connectivity index (χ0v) is 17.2. The van der Waals surface area contributed by atoms with Gasteiger partial charge in [-0.2, -0.15) is 0 Å². The lowest BCUT2D eigenvalue weighted by atomic mass is 9.58. The summed E-state index contributed by atoms with van der Waals surface area (Å²) in [7, 11) is 3.16. The number of aliphatic hydroxyl groups is 3. The number of nitrogens with zero attached hydrogens (tertiary/aromatic N) is 1. The fourth-order valence-corrected chi connectivity index (χ4v) is 5.34. The van der Waals surface area contributed by atoms with Gasteiger partial charge >= 0.3 is 0 Å². The maximum absolute atomic E-state index is 13.2. The van der Waals surface area contributed by atoms with E-state index in [0.717, 1.165) is 0 Å². The number of allylic oxidation sites excluding steroid dienone is 1. The van der Waals surface area contributed by atoms with Gasteiger partial charge in [0.05, 0.1) is 11.6 Å². The summed E-state index contributed by atoms with van der Waals surface area (Å²) in [6, 6.07) is 0.674. The highest BCUT2D eigenvalue weighted by Crippen LogP contribution is 2.51. The van der Waals surface area contributed by atoms with Crippen LogP contribution in [0.3, 0.4) is 0 Å². The van der Waals surface area contributed by atoms with Gasteiger partial charge in [0.15, 0.2) is 11.4 Å². The number of nitrogens with two attached hydrogens (primary N) is 1. The Kier molecular flexibility index (Phi) is 4.49. The molecule has 0 bridgehead atoms. The number of hydrogen-bond donors (Lipinski definition) is 5. The monoisotopic (exact) mass is 429 g/mol. The number of aliphatic hydroxyl groups excluding tert-OH is 2. The maximum Gasteiger partial charge on any atom is 0.259 e. The third kappa shape index (κ3) is 2.64. The molecule has 1 aromatic heterocycles. The molecule has 0 saturated carbocycles. The number of carbonyl (C=O) groups is 3. The van der Waals surface area contributed by atoms with Crippen molar-refractivity contribution in [3.8, 4) is 0 Å². The molecular formula is C21H23N3O7. The number of aromatic amines is 1. The molecule has 0 radical (unpaired) electrons. The van der Waals surface area contributed by atoms with Crippen LogP contribution in [0.25, 0.3) is 0 Å². The lowest BCUT2D eigenvalue weighted by Gasteiger charge is -2.50. The third-order valence-electron chi connectivity index (χ3n) is 6.58. The van der Waals surface area contributed by atoms with Crippen LogP contribution >= 0.6 is 0 Å². The third-order valence-corrected chi connectivity index (χ3v) is 6.58. The van der Waals surface area contributed by atoms with Gasteiger partial charge in [0.1, 0.15) is 17.1 Å². The predicted molar refractivity (Wildman–Crippen MR) is 107 cm³/mol. The number of carbonyl (C=O) groups excluding carboxylic acids is 3. The second-order valence-electron chi connectivity index (χ2n) is 8.64. The summed E-state index contributed by atoms with van der Waals surface area (Å²) in [6.07, 6.45) is 0.289. The Bertz CT molecular complexity index is 1180. The highest BCUT2D eigenvalue weighted by Gasteiger charge is 2.63. The molecule has 0 saturated heterocycles. The molecule has 164 valence electrons. The lowest BCUT2D eigenvalue weighted by molar-refractivity contribution is -0.148. The second kappa shape index (κ2) is 6.63. The van der Waals surface area contributed by atoms with E-state index in [0.29, 0.717) is 11.3 Å². The number of H-pyrrole nitrogens is 1. The summed E-state index contributed by atoms with van der Waals surface area (Å²) in [5.74, 6) is -6.41. The first-order valence-electron chi connectivity index (χ1n) is 9.78. The Hall–Kier alpha value is -3.24. The van der Waals surface area contributed by atoms with E-state index >= 15 is 0 Å². The number of nitrogens with one attached hydrogen (secondary N) is 1. The summed E-state index contributed by atoms with van der Waals surface area (Å²) in [5.41, 5.74) is 1.91. The van der Waals surface area contributed by atoms with E-state index < -0.39 is 63.6 Å². The first kappa shape index (κ1) is 21.0. The van der Waals surface area contributed by atoms with Crippen LogP contribution in [0.4, 0.5) is 0 Å². The first-order chi connectivity index (χ1) is 14.4. The number of rotatable bonds is 2. The molecule has 1 amide bonds. The molecular weight excluding hydrogens is 406 g/mol. The number of primary amides is 1. The number of amides is 1. The molecule has 10 nitrogen and oxygen atoms in total. The molecule has 3 aliphatic carbocycles. The van der Waals surface area contributed by atoms with Crippen molar-refractivity contribution in [2.45, 2.75) is 31.4 Å². The van der Waals surface area contributed by atoms with Gasteiger partial charge in [0, 0.05) is 17.2 Å². The number of likely N-dealkylation sites (N-methyl/N-ethyl adjacent to an activating group) is 1. The van der Waals surface area contributed by atoms with Gasteiger partial charge in [-0.05, 0) is 51.4 Å². The Labute approximate surface area is 176 Å². The van der Waals surface area contributed by atoms with Crippen molar-refractivity contribution in [3.63, 3.8) is 0 Å². The zero-order chi connectivity index (χ0) is 23.0. The van der Waals surface area contributed by atoms with Gasteiger partial charge in [-0.3, -0.25) is 24.1 Å². The summed E-state index contributed by atoms with van der Waals surface area (Å²) in [5, 5.41) is 33.1. The van der Waals surface area contributed by atoms with Crippen LogP contribution in [0.15, 0.2) is 33.5 Å². The maximum atomic E-state index is 13.2. The number of fused-ring (bicyclic) bond motifs is 3. The minimum absolute atomic E-state index is 0.0532. The Balaban J connectivity index is 1.98. The van der Waals surface area contributed by atoms with Crippen molar-refractivity contribution < 1.29 is 29.7 Å². The van der Waals surface area contributed by atoms with E-state index in [1.54, 1.807) is 27.1 Å². The predicted octanol–water partition coefficient (Wildman–Crippen LogP) is -0.588. The number of ketones is 2. The van der Waals surface area contributed by atoms with Crippen molar-refractivity contribution in [1.82, 2.24) is 9.88 Å². The van der Waals surface area contributed by atoms with Crippen molar-refractivity contribution in [1.29, 1.82) is 0 Å². The van der Waals surface area contributed by atoms with Gasteiger partial charge in [-0.25, -0.2) is 0 Å². The fourth-order valence-electron chi connectivity index (χ4n) is 5.34. The van der Waals surface area contributed by atoms with E-state index in [1.807, 2.05) is 0 Å². The molecule has 1 heterocycles. The van der Waals surface area contributed by atoms with E-state index in [1.165, 1.54) is 4.90 Å². The molecule has 3 aliphatic rings. The molecule has 1 aromatic rings. The number of Topliss-reactive ketones (excluding diaryl/α,β-unsaturated/α-hetero) is 2. The number of hydrogen-bond acceptors (Lipinski definition) is 8. The molecule has 10 heteroatoms. The average molecular weight is 429 g/mol. The van der Waals surface area contributed by atoms with Gasteiger partial charge in [-0.1, -0.05) is 0 Å². The van der Waals surface area contributed by atoms with Gasteiger partial charge in [0.2, 0.25) is 5.78 Å². The van der Waals surface area contributed by atoms with Crippen molar-refractivity contribution in [2.75, 3.05) is 14.1 Å². The smallest absolute Gasteiger partial charge is 0.259 e. The zero-order valence-electron chi connectivity index (χ0n) is 17.2. The van der Waals surface area contributed by atoms with E-state index in [-0.39, 0.29) is 24.0 Å². The summed E-state index contributed by atoms with van der Waals surface area (Å²) >= 11 is 0. The lowest BCUT2D eigenvalue weighted by Crippen LogP contribution is -2.64. The molecule has 4 atom stereocenters. The summed E-state index contributed by atoms with van der Waals surface area (Å²) in [4.78, 5) is 54.6. The molecule has 0 spiro atoms. The van der Waals surface area contributed by atoms with Gasteiger partial charge in [0.25, 0.3) is 11.5 Å². The largest absolute Gasteiger partial charge is 0.510 e. The molecule has 0 fully saturated rings. The molecule has 0 aliphatic heterocycles. The molecule has 0 unspecified atom stereocenters. The van der Waals surface area contributed by atoms with Crippen LogP contribution in [0.2, 0.25) is 0 Å². The van der Waals surface area contributed by atoms with Crippen molar-refractivity contribution in [3.05, 3.63) is 55.9 Å². The highest BCUT2D eigenvalue weighted by molar-refractivity contribution is 6.24. The quantitative estimate of drug-likeness (QED) is 0.388. The van der Waals surface area contributed by atoms with Crippen LogP contribution in [0.5, 0.6) is 0 Å². The van der Waals surface area contributed by atoms with Crippen LogP contribution in [-0.2, 0) is 16.0 Å². The van der Waals surface area contributed by atoms with E-state index in [4.69, 9.17) is 5.73 Å². The summed E-state index contributed by atoms with van der Waals surface area (Å²) < 4.78 is 0. The standard InChI is InChI=1S/C21H23N3O7/c1-7-4-8-5-9-6-10-14(24(2)3)16(26)13(19(22)29)18(28)21(10,31)17(27)11(9)15(25)12(8)20(30)23-7/h4,9-10,14,26-27,31H,5-6H2,1-3H3,(H2,22,29)(H,23,30)/t9-,10-,14-,21-/m0/s1. The Morgan fingerprint density at radius 1 is 1.26 bits per heavy atom. The molecule has 6 N–H and O–H groups in total. The number of aryl methyl sites for hydroxylation is 1. The first-order valence-corrected chi connectivity index (χ1v) is 9.78. The Morgan fingerprint density at radius 2 is 1.90 bits per heavy atom. The fraction of sp³-hybridized carbons (Fsp3) is 0.429. The average Bonchev–Trinajstić information content (AvgIpc) is 2.63. The minimum atomic E-state index is -2.64. The number of aromatic nitrogens is 1. The van der Waals surface area contributed by atoms with Crippen LogP contribution in [0, 0.1) is 18.8 Å². The topological polar surface area (TPSA) is 174 Å². The van der Waals surface area contributed by atoms with E-state index in [2.05, 4.69) is 4.98 Å². The Morgan fingerprint density at radius 3 is 2.48 bits per heavy atom. The van der Waals surface area contributed by atoms with Crippen LogP contribution in [-0.4, -0.2) is 68.4 Å². The SMILES string of the molecule is Cc1cc2c(c(=O)[nH]1)C(=O)C1=C(O)[C@]3(O)C(=O)C(C(N)=O)=C(O)[C@@H](N(C)C)[C@@H]3C[C@@H]1C2. The highest BCUT2D eigenvalue weighted by atomic mass is 16.3. The van der Waals surface area contributed by atoms with Gasteiger partial charge in [-0.15, -0.1) is 0 Å². The normalized spacial score (nSPS) is 30.3. The molecule has 0 aromatic carbocycles. The molecule has 31 heavy (non-hydrogen) atoms.